The third-order valence-electron chi connectivity index (χ3n) is 3.41. The third-order valence-corrected chi connectivity index (χ3v) is 5.03. The molecule has 4 nitrogen and oxygen atoms in total. The molecule has 0 bridgehead atoms. The molecule has 6 heteroatoms. The number of rotatable bonds is 0. The molecule has 0 saturated carbocycles. The van der Waals surface area contributed by atoms with Gasteiger partial charge in [0.05, 0.1) is 0 Å². The zero-order valence-electron chi connectivity index (χ0n) is 9.76. The van der Waals surface area contributed by atoms with Crippen LogP contribution in [0.3, 0.4) is 0 Å². The minimum absolute atomic E-state index is 0.343. The summed E-state index contributed by atoms with van der Waals surface area (Å²) in [5.74, 6) is 0. The Bertz CT molecular complexity index is 743. The van der Waals surface area contributed by atoms with Crippen LogP contribution < -0.4 is 0 Å². The first-order valence-corrected chi connectivity index (χ1v) is 7.34. The van der Waals surface area contributed by atoms with Crippen molar-refractivity contribution in [1.82, 2.24) is 0 Å². The first-order valence-electron chi connectivity index (χ1n) is 5.70. The van der Waals surface area contributed by atoms with Gasteiger partial charge in [0.2, 0.25) is 20.5 Å². The molecule has 0 unspecified atom stereocenters. The van der Waals surface area contributed by atoms with Crippen LogP contribution in [0.2, 0.25) is 0 Å². The first kappa shape index (κ1) is 11.9. The van der Waals surface area contributed by atoms with Crippen molar-refractivity contribution in [2.75, 3.05) is 0 Å². The van der Waals surface area contributed by atoms with Crippen molar-refractivity contribution < 1.29 is 19.2 Å². The topological polar surface area (TPSA) is 68.3 Å². The van der Waals surface area contributed by atoms with Gasteiger partial charge in [0.1, 0.15) is 0 Å². The largest absolute Gasteiger partial charge is 0.281 e. The van der Waals surface area contributed by atoms with Crippen LogP contribution in [-0.2, 0) is 0 Å². The minimum atomic E-state index is -0.343. The molecule has 0 spiro atoms. The summed E-state index contributed by atoms with van der Waals surface area (Å²) < 4.78 is 0. The molecule has 4 rings (SSSR count). The number of thioether (sulfide) groups is 2. The SMILES string of the molecule is O=C1SC(=O)c2ccc3c4c(ccc1c24)C(=O)SC3=O. The quantitative estimate of drug-likeness (QED) is 0.745. The summed E-state index contributed by atoms with van der Waals surface area (Å²) in [6, 6.07) is 6.23. The van der Waals surface area contributed by atoms with Gasteiger partial charge in [-0.1, -0.05) is 0 Å². The van der Waals surface area contributed by atoms with E-state index in [9.17, 15) is 19.2 Å². The van der Waals surface area contributed by atoms with Gasteiger partial charge in [0, 0.05) is 33.0 Å². The van der Waals surface area contributed by atoms with Crippen molar-refractivity contribution in [2.45, 2.75) is 0 Å². The highest BCUT2D eigenvalue weighted by Gasteiger charge is 2.33. The molecule has 2 aromatic rings. The number of carbonyl (C=O) groups excluding carboxylic acids is 4. The van der Waals surface area contributed by atoms with Gasteiger partial charge in [-0.15, -0.1) is 0 Å². The molecule has 2 heterocycles. The molecule has 0 saturated heterocycles. The van der Waals surface area contributed by atoms with Crippen molar-refractivity contribution >= 4 is 54.8 Å². The number of hydrogen-bond acceptors (Lipinski definition) is 6. The summed E-state index contributed by atoms with van der Waals surface area (Å²) in [5, 5.41) is -0.492. The predicted molar refractivity (Wildman–Crippen MR) is 76.5 cm³/mol. The Morgan fingerprint density at radius 3 is 1.00 bits per heavy atom. The lowest BCUT2D eigenvalue weighted by Gasteiger charge is -2.20. The van der Waals surface area contributed by atoms with Crippen molar-refractivity contribution in [2.24, 2.45) is 0 Å². The summed E-state index contributed by atoms with van der Waals surface area (Å²) in [7, 11) is 0. The Morgan fingerprint density at radius 2 is 0.750 bits per heavy atom. The lowest BCUT2D eigenvalue weighted by molar-refractivity contribution is 0.104. The van der Waals surface area contributed by atoms with E-state index in [1.807, 2.05) is 0 Å². The molecular weight excluding hydrogens is 296 g/mol. The van der Waals surface area contributed by atoms with Gasteiger partial charge >= 0.3 is 0 Å². The highest BCUT2D eigenvalue weighted by atomic mass is 32.2. The van der Waals surface area contributed by atoms with Crippen LogP contribution >= 0.6 is 23.5 Å². The molecule has 2 aliphatic heterocycles. The number of carbonyl (C=O) groups is 4. The summed E-state index contributed by atoms with van der Waals surface area (Å²) in [6.07, 6.45) is 0. The standard InChI is InChI=1S/C14H4O4S2/c15-11-5-1-2-6-10-8(14(18)20-12(6)16)4-3-7(9(5)10)13(17)19-11/h1-4H. The van der Waals surface area contributed by atoms with Gasteiger partial charge in [-0.05, 0) is 47.8 Å². The average molecular weight is 300 g/mol. The molecular formula is C14H4O4S2. The maximum atomic E-state index is 11.9. The average Bonchev–Trinajstić information content (AvgIpc) is 2.42. The van der Waals surface area contributed by atoms with E-state index in [4.69, 9.17) is 0 Å². The summed E-state index contributed by atoms with van der Waals surface area (Å²) in [6.45, 7) is 0. The second-order valence-corrected chi connectivity index (χ2v) is 6.32. The van der Waals surface area contributed by atoms with Crippen molar-refractivity contribution in [3.63, 3.8) is 0 Å². The Hall–Kier alpha value is -1.92. The second-order valence-electron chi connectivity index (χ2n) is 4.43. The summed E-state index contributed by atoms with van der Waals surface area (Å²) in [4.78, 5) is 47.8. The van der Waals surface area contributed by atoms with E-state index < -0.39 is 0 Å². The first-order chi connectivity index (χ1) is 9.58. The maximum absolute atomic E-state index is 11.9. The normalized spacial score (nSPS) is 17.0. The van der Waals surface area contributed by atoms with Gasteiger partial charge in [-0.25, -0.2) is 0 Å². The Kier molecular flexibility index (Phi) is 2.26. The lowest BCUT2D eigenvalue weighted by atomic mass is 9.92. The Labute approximate surface area is 120 Å². The number of hydrogen-bond donors (Lipinski definition) is 0. The highest BCUT2D eigenvalue weighted by molar-refractivity contribution is 8.27. The van der Waals surface area contributed by atoms with E-state index in [0.29, 0.717) is 56.6 Å². The molecule has 0 atom stereocenters. The smallest absolute Gasteiger partial charge is 0.227 e. The van der Waals surface area contributed by atoms with Crippen LogP contribution in [0, 0.1) is 0 Å². The molecule has 0 fully saturated rings. The molecule has 0 aromatic heterocycles. The zero-order chi connectivity index (χ0) is 14.0. The van der Waals surface area contributed by atoms with Gasteiger partial charge < -0.3 is 0 Å². The fraction of sp³-hybridized carbons (Fsp3) is 0. The van der Waals surface area contributed by atoms with E-state index in [1.54, 1.807) is 24.3 Å². The van der Waals surface area contributed by atoms with Gasteiger partial charge in [-0.2, -0.15) is 0 Å². The molecule has 96 valence electrons. The fourth-order valence-electron chi connectivity index (χ4n) is 2.56. The molecule has 0 aliphatic carbocycles. The van der Waals surface area contributed by atoms with Crippen molar-refractivity contribution in [3.8, 4) is 0 Å². The van der Waals surface area contributed by atoms with E-state index in [2.05, 4.69) is 0 Å². The monoisotopic (exact) mass is 300 g/mol. The number of benzene rings is 2. The van der Waals surface area contributed by atoms with Crippen LogP contribution in [-0.4, -0.2) is 20.5 Å². The van der Waals surface area contributed by atoms with E-state index in [0.717, 1.165) is 0 Å². The van der Waals surface area contributed by atoms with Gasteiger partial charge in [0.15, 0.2) is 0 Å². The predicted octanol–water partition coefficient (Wildman–Crippen LogP) is 2.89. The third kappa shape index (κ3) is 1.35. The Morgan fingerprint density at radius 1 is 0.500 bits per heavy atom. The van der Waals surface area contributed by atoms with Crippen LogP contribution in [0.5, 0.6) is 0 Å². The van der Waals surface area contributed by atoms with Crippen LogP contribution in [0.15, 0.2) is 24.3 Å². The fourth-order valence-corrected chi connectivity index (χ4v) is 4.02. The Balaban J connectivity index is 2.29. The molecule has 2 aliphatic rings. The van der Waals surface area contributed by atoms with Crippen LogP contribution in [0.25, 0.3) is 10.8 Å². The van der Waals surface area contributed by atoms with E-state index >= 15 is 0 Å². The molecule has 0 N–H and O–H groups in total. The minimum Gasteiger partial charge on any atom is -0.281 e. The van der Waals surface area contributed by atoms with Gasteiger partial charge in [0.25, 0.3) is 0 Å². The highest BCUT2D eigenvalue weighted by Crippen LogP contribution is 2.41. The maximum Gasteiger partial charge on any atom is 0.227 e. The van der Waals surface area contributed by atoms with Crippen molar-refractivity contribution in [1.29, 1.82) is 0 Å². The van der Waals surface area contributed by atoms with Crippen LogP contribution in [0.1, 0.15) is 41.4 Å². The van der Waals surface area contributed by atoms with Crippen LogP contribution in [0.4, 0.5) is 0 Å². The lowest BCUT2D eigenvalue weighted by Crippen LogP contribution is -2.16. The summed E-state index contributed by atoms with van der Waals surface area (Å²) >= 11 is 1.29. The van der Waals surface area contributed by atoms with Crippen molar-refractivity contribution in [3.05, 3.63) is 46.5 Å². The molecule has 0 amide bonds. The van der Waals surface area contributed by atoms with E-state index in [-0.39, 0.29) is 20.5 Å². The zero-order valence-corrected chi connectivity index (χ0v) is 11.4. The van der Waals surface area contributed by atoms with E-state index in [1.165, 1.54) is 0 Å². The van der Waals surface area contributed by atoms with Gasteiger partial charge in [-0.3, -0.25) is 19.2 Å². The molecule has 2 aromatic carbocycles. The second kappa shape index (κ2) is 3.80. The molecule has 20 heavy (non-hydrogen) atoms. The summed E-state index contributed by atoms with van der Waals surface area (Å²) in [5.41, 5.74) is 1.55. The molecule has 0 radical (unpaired) electrons.